The molecular weight excluding hydrogens is 379 g/mol. The SMILES string of the molecule is CC(=O)[O-].CC(=O)[O-].CC(=O)[O-].CC(=O)[O-].O.O.O.O.[Zr+4]. The molecule has 0 bridgehead atoms. The van der Waals surface area contributed by atoms with E-state index in [0.29, 0.717) is 0 Å². The Morgan fingerprint density at radius 2 is 0.476 bits per heavy atom. The summed E-state index contributed by atoms with van der Waals surface area (Å²) in [7, 11) is 0. The summed E-state index contributed by atoms with van der Waals surface area (Å²) in [5.41, 5.74) is 0. The van der Waals surface area contributed by atoms with E-state index in [4.69, 9.17) is 39.6 Å². The van der Waals surface area contributed by atoms with Crippen LogP contribution in [0.1, 0.15) is 27.7 Å². The Hall–Kier alpha value is -1.40. The molecule has 0 spiro atoms. The zero-order valence-corrected chi connectivity index (χ0v) is 14.2. The third-order valence-corrected chi connectivity index (χ3v) is 0. The predicted octanol–water partition coefficient (Wildman–Crippen LogP) is -8.28. The Labute approximate surface area is 139 Å². The zero-order valence-electron chi connectivity index (χ0n) is 11.8. The fourth-order valence-electron chi connectivity index (χ4n) is 0. The second kappa shape index (κ2) is 51.3. The minimum atomic E-state index is -1.08. The average Bonchev–Trinajstić information content (AvgIpc) is 1.76. The van der Waals surface area contributed by atoms with E-state index in [1.165, 1.54) is 0 Å². The minimum Gasteiger partial charge on any atom is -0.550 e. The molecule has 12 nitrogen and oxygen atoms in total. The molecule has 0 unspecified atom stereocenters. The maximum atomic E-state index is 8.89. The summed E-state index contributed by atoms with van der Waals surface area (Å²) in [6.07, 6.45) is 0. The molecule has 0 saturated carbocycles. The summed E-state index contributed by atoms with van der Waals surface area (Å²) in [6, 6.07) is 0. The number of rotatable bonds is 0. The molecular formula is C8H20O12Zr. The first-order chi connectivity index (χ1) is 6.93. The molecule has 21 heavy (non-hydrogen) atoms. The summed E-state index contributed by atoms with van der Waals surface area (Å²) >= 11 is 0. The van der Waals surface area contributed by atoms with Crippen LogP contribution in [-0.4, -0.2) is 45.8 Å². The molecule has 0 amide bonds. The van der Waals surface area contributed by atoms with E-state index in [0.717, 1.165) is 27.7 Å². The molecule has 128 valence electrons. The van der Waals surface area contributed by atoms with Gasteiger partial charge in [0.15, 0.2) is 0 Å². The van der Waals surface area contributed by atoms with Gasteiger partial charge in [-0.3, -0.25) is 0 Å². The van der Waals surface area contributed by atoms with Crippen LogP contribution in [-0.2, 0) is 45.4 Å². The van der Waals surface area contributed by atoms with Crippen LogP contribution in [0, 0.1) is 0 Å². The van der Waals surface area contributed by atoms with Gasteiger partial charge in [0.2, 0.25) is 0 Å². The van der Waals surface area contributed by atoms with Gasteiger partial charge in [0, 0.05) is 23.9 Å². The van der Waals surface area contributed by atoms with Crippen molar-refractivity contribution in [1.29, 1.82) is 0 Å². The van der Waals surface area contributed by atoms with Crippen LogP contribution < -0.4 is 20.4 Å². The molecule has 0 aliphatic rings. The van der Waals surface area contributed by atoms with Crippen molar-refractivity contribution in [2.45, 2.75) is 27.7 Å². The van der Waals surface area contributed by atoms with Crippen molar-refractivity contribution in [2.24, 2.45) is 0 Å². The van der Waals surface area contributed by atoms with Crippen molar-refractivity contribution in [3.8, 4) is 0 Å². The van der Waals surface area contributed by atoms with Gasteiger partial charge in [0.1, 0.15) is 0 Å². The van der Waals surface area contributed by atoms with E-state index < -0.39 is 23.9 Å². The third-order valence-electron chi connectivity index (χ3n) is 0. The standard InChI is InChI=1S/4C2H4O2.4H2O.Zr/c4*1-2(3)4;;;;;/h4*1H3,(H,3,4);4*1H2;/q;;;;;;;;+4/p-4. The number of carboxylic acids is 4. The van der Waals surface area contributed by atoms with Crippen LogP contribution >= 0.6 is 0 Å². The van der Waals surface area contributed by atoms with E-state index in [9.17, 15) is 0 Å². The molecule has 0 heterocycles. The van der Waals surface area contributed by atoms with Gasteiger partial charge < -0.3 is 61.5 Å². The van der Waals surface area contributed by atoms with Crippen LogP contribution in [0.15, 0.2) is 0 Å². The summed E-state index contributed by atoms with van der Waals surface area (Å²) in [5, 5.41) is 35.6. The summed E-state index contributed by atoms with van der Waals surface area (Å²) in [4.78, 5) is 35.6. The molecule has 8 N–H and O–H groups in total. The van der Waals surface area contributed by atoms with E-state index in [-0.39, 0.29) is 48.1 Å². The maximum Gasteiger partial charge on any atom is 4.00 e. The zero-order chi connectivity index (χ0) is 14.3. The Balaban J connectivity index is -0.0000000121. The van der Waals surface area contributed by atoms with Crippen LogP contribution in [0.4, 0.5) is 0 Å². The van der Waals surface area contributed by atoms with Gasteiger partial charge >= 0.3 is 26.2 Å². The topological polar surface area (TPSA) is 287 Å². The first-order valence-corrected chi connectivity index (χ1v) is 3.63. The molecule has 0 aromatic heterocycles. The van der Waals surface area contributed by atoms with Gasteiger partial charge in [-0.2, -0.15) is 0 Å². The van der Waals surface area contributed by atoms with Crippen LogP contribution in [0.2, 0.25) is 0 Å². The Morgan fingerprint density at radius 3 is 0.476 bits per heavy atom. The van der Waals surface area contributed by atoms with Crippen molar-refractivity contribution in [2.75, 3.05) is 0 Å². The van der Waals surface area contributed by atoms with Crippen molar-refractivity contribution in [1.82, 2.24) is 0 Å². The van der Waals surface area contributed by atoms with E-state index in [2.05, 4.69) is 0 Å². The Kier molecular flexibility index (Phi) is 147. The van der Waals surface area contributed by atoms with Crippen molar-refractivity contribution >= 4 is 23.9 Å². The van der Waals surface area contributed by atoms with Gasteiger partial charge in [0.05, 0.1) is 0 Å². The first-order valence-electron chi connectivity index (χ1n) is 3.63. The number of aliphatic carboxylic acids is 4. The quantitative estimate of drug-likeness (QED) is 0.375. The number of carbonyl (C=O) groups is 4. The van der Waals surface area contributed by atoms with Crippen LogP contribution in [0.3, 0.4) is 0 Å². The molecule has 0 aliphatic heterocycles. The molecule has 0 aliphatic carbocycles. The first kappa shape index (κ1) is 60.3. The number of carboxylic acid groups (broad SMARTS) is 4. The van der Waals surface area contributed by atoms with Gasteiger partial charge in [0.25, 0.3) is 0 Å². The smallest absolute Gasteiger partial charge is 0.550 e. The molecule has 0 radical (unpaired) electrons. The van der Waals surface area contributed by atoms with E-state index in [1.54, 1.807) is 0 Å². The van der Waals surface area contributed by atoms with E-state index >= 15 is 0 Å². The van der Waals surface area contributed by atoms with Gasteiger partial charge in [-0.1, -0.05) is 0 Å². The summed E-state index contributed by atoms with van der Waals surface area (Å²) in [5.74, 6) is -4.33. The Morgan fingerprint density at radius 1 is 0.476 bits per heavy atom. The van der Waals surface area contributed by atoms with Crippen molar-refractivity contribution in [3.63, 3.8) is 0 Å². The van der Waals surface area contributed by atoms with Gasteiger partial charge in [-0.15, -0.1) is 0 Å². The summed E-state index contributed by atoms with van der Waals surface area (Å²) in [6.45, 7) is 3.89. The number of hydrogen-bond donors (Lipinski definition) is 0. The fourth-order valence-corrected chi connectivity index (χ4v) is 0. The Bertz CT molecular complexity index is 165. The normalized spacial score (nSPS) is 4.76. The minimum absolute atomic E-state index is 0. The molecule has 0 rings (SSSR count). The fraction of sp³-hybridized carbons (Fsp3) is 0.500. The third kappa shape index (κ3) is 2630. The molecule has 13 heteroatoms. The average molecular weight is 399 g/mol. The number of carbonyl (C=O) groups excluding carboxylic acids is 4. The molecule has 0 fully saturated rings. The van der Waals surface area contributed by atoms with E-state index in [1.807, 2.05) is 0 Å². The van der Waals surface area contributed by atoms with Crippen molar-refractivity contribution in [3.05, 3.63) is 0 Å². The molecule has 0 aromatic rings. The second-order valence-corrected chi connectivity index (χ2v) is 1.97. The second-order valence-electron chi connectivity index (χ2n) is 1.97. The number of hydrogen-bond acceptors (Lipinski definition) is 8. The molecule has 0 aromatic carbocycles. The van der Waals surface area contributed by atoms with Gasteiger partial charge in [-0.05, 0) is 27.7 Å². The largest absolute Gasteiger partial charge is 4.00 e. The predicted molar refractivity (Wildman–Crippen MR) is 57.2 cm³/mol. The van der Waals surface area contributed by atoms with Crippen LogP contribution in [0.5, 0.6) is 0 Å². The maximum absolute atomic E-state index is 8.89. The molecule has 0 atom stereocenters. The monoisotopic (exact) mass is 398 g/mol. The summed E-state index contributed by atoms with van der Waals surface area (Å²) < 4.78 is 0. The molecule has 0 saturated heterocycles. The van der Waals surface area contributed by atoms with Crippen LogP contribution in [0.25, 0.3) is 0 Å². The van der Waals surface area contributed by atoms with Gasteiger partial charge in [-0.25, -0.2) is 0 Å². The van der Waals surface area contributed by atoms with Crippen molar-refractivity contribution < 1.29 is 87.7 Å².